The minimum atomic E-state index is -0.101. The molecule has 1 aliphatic carbocycles. The molecule has 1 amide bonds. The summed E-state index contributed by atoms with van der Waals surface area (Å²) in [5, 5.41) is 7.35. The zero-order valence-electron chi connectivity index (χ0n) is 15.5. The Kier molecular flexibility index (Phi) is 4.73. The van der Waals surface area contributed by atoms with Gasteiger partial charge in [0.2, 0.25) is 0 Å². The summed E-state index contributed by atoms with van der Waals surface area (Å²) in [7, 11) is 0. The summed E-state index contributed by atoms with van der Waals surface area (Å²) in [6.45, 7) is 0.375. The van der Waals surface area contributed by atoms with Crippen LogP contribution >= 0.6 is 22.9 Å². The number of aromatic nitrogens is 3. The normalized spacial score (nSPS) is 12.9. The molecular weight excluding hydrogens is 404 g/mol. The standard InChI is InChI=1S/C22H17ClN4OS/c23-14-4-5-19-17(10-14)20(16-2-1-3-18(16)27-19)21(28)25-11-15-12-29-22(26-15)13-6-8-24-9-7-13/h4-10,12H,1-3,11H2,(H,25,28). The van der Waals surface area contributed by atoms with Crippen molar-refractivity contribution in [3.05, 3.63) is 75.6 Å². The first-order valence-electron chi connectivity index (χ1n) is 9.43. The molecule has 0 radical (unpaired) electrons. The van der Waals surface area contributed by atoms with E-state index in [1.54, 1.807) is 23.7 Å². The number of rotatable bonds is 4. The Labute approximate surface area is 176 Å². The second kappa shape index (κ2) is 7.54. The van der Waals surface area contributed by atoms with Crippen LogP contribution in [0.15, 0.2) is 48.1 Å². The number of halogens is 1. The van der Waals surface area contributed by atoms with E-state index in [1.807, 2.05) is 35.7 Å². The second-order valence-corrected chi connectivity index (χ2v) is 8.28. The molecule has 0 saturated heterocycles. The molecule has 1 aromatic carbocycles. The first kappa shape index (κ1) is 18.2. The number of nitrogens with one attached hydrogen (secondary N) is 1. The van der Waals surface area contributed by atoms with Gasteiger partial charge in [-0.25, -0.2) is 4.98 Å². The van der Waals surface area contributed by atoms with Crippen LogP contribution in [0.3, 0.4) is 0 Å². The molecule has 4 aromatic rings. The summed E-state index contributed by atoms with van der Waals surface area (Å²) in [5.41, 5.74) is 5.45. The lowest BCUT2D eigenvalue weighted by Crippen LogP contribution is -2.25. The predicted molar refractivity (Wildman–Crippen MR) is 115 cm³/mol. The molecule has 0 spiro atoms. The van der Waals surface area contributed by atoms with Crippen LogP contribution in [0, 0.1) is 0 Å². The number of aryl methyl sites for hydroxylation is 1. The van der Waals surface area contributed by atoms with Gasteiger partial charge in [-0.1, -0.05) is 11.6 Å². The van der Waals surface area contributed by atoms with Gasteiger partial charge in [-0.05, 0) is 55.2 Å². The topological polar surface area (TPSA) is 67.8 Å². The molecule has 144 valence electrons. The lowest BCUT2D eigenvalue weighted by atomic mass is 10.0. The minimum absolute atomic E-state index is 0.101. The number of fused-ring (bicyclic) bond motifs is 2. The molecule has 5 rings (SSSR count). The highest BCUT2D eigenvalue weighted by atomic mass is 35.5. The molecule has 0 bridgehead atoms. The van der Waals surface area contributed by atoms with Gasteiger partial charge < -0.3 is 5.32 Å². The van der Waals surface area contributed by atoms with E-state index in [9.17, 15) is 4.79 Å². The van der Waals surface area contributed by atoms with Gasteiger partial charge in [0.1, 0.15) is 5.01 Å². The first-order valence-corrected chi connectivity index (χ1v) is 10.7. The van der Waals surface area contributed by atoms with Crippen molar-refractivity contribution in [3.8, 4) is 10.6 Å². The zero-order valence-corrected chi connectivity index (χ0v) is 17.1. The van der Waals surface area contributed by atoms with Crippen LogP contribution in [0.4, 0.5) is 0 Å². The number of amides is 1. The maximum Gasteiger partial charge on any atom is 0.252 e. The van der Waals surface area contributed by atoms with Crippen molar-refractivity contribution < 1.29 is 4.79 Å². The monoisotopic (exact) mass is 420 g/mol. The number of benzene rings is 1. The summed E-state index contributed by atoms with van der Waals surface area (Å²) in [6.07, 6.45) is 6.30. The highest BCUT2D eigenvalue weighted by Crippen LogP contribution is 2.31. The van der Waals surface area contributed by atoms with Gasteiger partial charge >= 0.3 is 0 Å². The van der Waals surface area contributed by atoms with Crippen LogP contribution in [-0.2, 0) is 19.4 Å². The maximum absolute atomic E-state index is 13.2. The Morgan fingerprint density at radius 1 is 1.14 bits per heavy atom. The molecule has 3 heterocycles. The third-order valence-electron chi connectivity index (χ3n) is 5.11. The number of hydrogen-bond donors (Lipinski definition) is 1. The smallest absolute Gasteiger partial charge is 0.252 e. The third kappa shape index (κ3) is 3.50. The molecule has 1 N–H and O–H groups in total. The lowest BCUT2D eigenvalue weighted by molar-refractivity contribution is 0.0951. The van der Waals surface area contributed by atoms with Crippen molar-refractivity contribution in [2.45, 2.75) is 25.8 Å². The van der Waals surface area contributed by atoms with Crippen molar-refractivity contribution in [2.75, 3.05) is 0 Å². The van der Waals surface area contributed by atoms with Crippen LogP contribution in [0.25, 0.3) is 21.5 Å². The van der Waals surface area contributed by atoms with Crippen molar-refractivity contribution in [1.29, 1.82) is 0 Å². The summed E-state index contributed by atoms with van der Waals surface area (Å²) in [4.78, 5) is 26.6. The highest BCUT2D eigenvalue weighted by Gasteiger charge is 2.24. The van der Waals surface area contributed by atoms with Gasteiger partial charge in [-0.2, -0.15) is 0 Å². The van der Waals surface area contributed by atoms with Crippen LogP contribution in [-0.4, -0.2) is 20.9 Å². The van der Waals surface area contributed by atoms with Crippen LogP contribution in [0.1, 0.15) is 33.7 Å². The molecule has 0 saturated carbocycles. The van der Waals surface area contributed by atoms with Crippen molar-refractivity contribution in [2.24, 2.45) is 0 Å². The van der Waals surface area contributed by atoms with E-state index in [0.29, 0.717) is 17.1 Å². The molecule has 3 aromatic heterocycles. The number of carbonyl (C=O) groups is 1. The van der Waals surface area contributed by atoms with Crippen molar-refractivity contribution in [1.82, 2.24) is 20.3 Å². The molecule has 0 fully saturated rings. The van der Waals surface area contributed by atoms with Crippen LogP contribution < -0.4 is 5.32 Å². The fourth-order valence-corrected chi connectivity index (χ4v) is 4.77. The van der Waals surface area contributed by atoms with Gasteiger partial charge in [0, 0.05) is 39.4 Å². The van der Waals surface area contributed by atoms with E-state index in [0.717, 1.165) is 57.7 Å². The maximum atomic E-state index is 13.2. The summed E-state index contributed by atoms with van der Waals surface area (Å²) < 4.78 is 0. The minimum Gasteiger partial charge on any atom is -0.346 e. The van der Waals surface area contributed by atoms with Crippen molar-refractivity contribution >= 4 is 39.7 Å². The van der Waals surface area contributed by atoms with Gasteiger partial charge in [-0.15, -0.1) is 11.3 Å². The van der Waals surface area contributed by atoms with Crippen LogP contribution in [0.5, 0.6) is 0 Å². The summed E-state index contributed by atoms with van der Waals surface area (Å²) in [6, 6.07) is 9.39. The first-order chi connectivity index (χ1) is 14.2. The summed E-state index contributed by atoms with van der Waals surface area (Å²) >= 11 is 7.76. The molecular formula is C22H17ClN4OS. The number of thiazole rings is 1. The van der Waals surface area contributed by atoms with E-state index in [4.69, 9.17) is 16.6 Å². The third-order valence-corrected chi connectivity index (χ3v) is 6.29. The van der Waals surface area contributed by atoms with E-state index in [1.165, 1.54) is 0 Å². The number of carbonyl (C=O) groups excluding carboxylic acids is 1. The van der Waals surface area contributed by atoms with Gasteiger partial charge in [-0.3, -0.25) is 14.8 Å². The number of hydrogen-bond acceptors (Lipinski definition) is 5. The Bertz CT molecular complexity index is 1220. The Hall–Kier alpha value is -2.83. The molecule has 0 atom stereocenters. The van der Waals surface area contributed by atoms with Crippen LogP contribution in [0.2, 0.25) is 5.02 Å². The summed E-state index contributed by atoms with van der Waals surface area (Å²) in [5.74, 6) is -0.101. The van der Waals surface area contributed by atoms with E-state index in [2.05, 4.69) is 15.3 Å². The second-order valence-electron chi connectivity index (χ2n) is 6.99. The molecule has 0 aliphatic heterocycles. The van der Waals surface area contributed by atoms with Gasteiger partial charge in [0.05, 0.1) is 23.3 Å². The largest absolute Gasteiger partial charge is 0.346 e. The van der Waals surface area contributed by atoms with E-state index in [-0.39, 0.29) is 5.91 Å². The Morgan fingerprint density at radius 2 is 2.00 bits per heavy atom. The Morgan fingerprint density at radius 3 is 2.86 bits per heavy atom. The molecule has 29 heavy (non-hydrogen) atoms. The Balaban J connectivity index is 1.43. The average molecular weight is 421 g/mol. The predicted octanol–water partition coefficient (Wildman–Crippen LogP) is 4.83. The molecule has 0 unspecified atom stereocenters. The van der Waals surface area contributed by atoms with E-state index < -0.39 is 0 Å². The fraction of sp³-hybridized carbons (Fsp3) is 0.182. The van der Waals surface area contributed by atoms with Crippen molar-refractivity contribution in [3.63, 3.8) is 0 Å². The SMILES string of the molecule is O=C(NCc1csc(-c2ccncc2)n1)c1c2c(nc3ccc(Cl)cc13)CCC2. The average Bonchev–Trinajstić information content (AvgIpc) is 3.40. The lowest BCUT2D eigenvalue weighted by Gasteiger charge is -2.12. The fourth-order valence-electron chi connectivity index (χ4n) is 3.77. The van der Waals surface area contributed by atoms with Gasteiger partial charge in [0.15, 0.2) is 0 Å². The number of nitrogens with zero attached hydrogens (tertiary/aromatic N) is 3. The van der Waals surface area contributed by atoms with E-state index >= 15 is 0 Å². The number of pyridine rings is 2. The molecule has 7 heteroatoms. The highest BCUT2D eigenvalue weighted by molar-refractivity contribution is 7.13. The molecule has 5 nitrogen and oxygen atoms in total. The van der Waals surface area contributed by atoms with Gasteiger partial charge in [0.25, 0.3) is 5.91 Å². The zero-order chi connectivity index (χ0) is 19.8. The molecule has 1 aliphatic rings. The quantitative estimate of drug-likeness (QED) is 0.513.